The van der Waals surface area contributed by atoms with Crippen LogP contribution in [0.3, 0.4) is 0 Å². The van der Waals surface area contributed by atoms with Gasteiger partial charge in [0.1, 0.15) is 11.7 Å². The Morgan fingerprint density at radius 2 is 2.22 bits per heavy atom. The fourth-order valence-corrected chi connectivity index (χ4v) is 2.27. The van der Waals surface area contributed by atoms with Gasteiger partial charge in [0, 0.05) is 18.9 Å². The van der Waals surface area contributed by atoms with Crippen molar-refractivity contribution < 1.29 is 5.21 Å². The Labute approximate surface area is 106 Å². The molecule has 2 aromatic rings. The molecule has 1 aromatic carbocycles. The van der Waals surface area contributed by atoms with E-state index in [1.807, 2.05) is 31.2 Å². The van der Waals surface area contributed by atoms with Crippen LogP contribution < -0.4 is 5.73 Å². The standard InChI is InChI=1S/C13H18N4O/c1-3-13-15-10-6-4-5-7-11(10)17(13)9(2)8-12(14)16-18/h4-7,9,18H,3,8H2,1-2H3,(H2,14,16). The summed E-state index contributed by atoms with van der Waals surface area (Å²) < 4.78 is 2.16. The van der Waals surface area contributed by atoms with E-state index >= 15 is 0 Å². The van der Waals surface area contributed by atoms with E-state index in [1.54, 1.807) is 0 Å². The topological polar surface area (TPSA) is 76.4 Å². The van der Waals surface area contributed by atoms with Gasteiger partial charge in [-0.3, -0.25) is 0 Å². The first kappa shape index (κ1) is 12.4. The number of amidine groups is 1. The van der Waals surface area contributed by atoms with Crippen molar-refractivity contribution in [3.8, 4) is 0 Å². The molecule has 0 aliphatic carbocycles. The van der Waals surface area contributed by atoms with Crippen LogP contribution in [0.5, 0.6) is 0 Å². The molecular weight excluding hydrogens is 228 g/mol. The van der Waals surface area contributed by atoms with Gasteiger partial charge in [0.25, 0.3) is 0 Å². The first-order valence-corrected chi connectivity index (χ1v) is 6.09. The predicted molar refractivity (Wildman–Crippen MR) is 71.8 cm³/mol. The highest BCUT2D eigenvalue weighted by Crippen LogP contribution is 2.23. The lowest BCUT2D eigenvalue weighted by Gasteiger charge is -2.16. The van der Waals surface area contributed by atoms with Crippen LogP contribution in [0.2, 0.25) is 0 Å². The van der Waals surface area contributed by atoms with Crippen molar-refractivity contribution in [3.63, 3.8) is 0 Å². The highest BCUT2D eigenvalue weighted by Gasteiger charge is 2.15. The third-order valence-corrected chi connectivity index (χ3v) is 3.06. The zero-order valence-electron chi connectivity index (χ0n) is 10.7. The fourth-order valence-electron chi connectivity index (χ4n) is 2.27. The van der Waals surface area contributed by atoms with Gasteiger partial charge in [0.2, 0.25) is 0 Å². The van der Waals surface area contributed by atoms with Gasteiger partial charge in [-0.25, -0.2) is 4.98 Å². The number of rotatable bonds is 4. The molecule has 18 heavy (non-hydrogen) atoms. The van der Waals surface area contributed by atoms with Crippen LogP contribution in [-0.4, -0.2) is 20.6 Å². The Balaban J connectivity index is 2.47. The maximum Gasteiger partial charge on any atom is 0.141 e. The van der Waals surface area contributed by atoms with Gasteiger partial charge in [-0.15, -0.1) is 0 Å². The van der Waals surface area contributed by atoms with Crippen LogP contribution in [0, 0.1) is 0 Å². The average Bonchev–Trinajstić information content (AvgIpc) is 2.76. The summed E-state index contributed by atoms with van der Waals surface area (Å²) in [6, 6.07) is 8.14. The average molecular weight is 246 g/mol. The zero-order valence-corrected chi connectivity index (χ0v) is 10.7. The number of nitrogens with zero attached hydrogens (tertiary/aromatic N) is 3. The number of oxime groups is 1. The van der Waals surface area contributed by atoms with Gasteiger partial charge in [-0.1, -0.05) is 24.2 Å². The molecule has 1 unspecified atom stereocenters. The highest BCUT2D eigenvalue weighted by atomic mass is 16.4. The van der Waals surface area contributed by atoms with Crippen molar-refractivity contribution in [1.29, 1.82) is 0 Å². The van der Waals surface area contributed by atoms with E-state index in [1.165, 1.54) is 0 Å². The summed E-state index contributed by atoms with van der Waals surface area (Å²) in [5.74, 6) is 1.26. The first-order valence-electron chi connectivity index (χ1n) is 6.09. The molecule has 96 valence electrons. The molecule has 0 amide bonds. The van der Waals surface area contributed by atoms with Gasteiger partial charge in [-0.05, 0) is 19.1 Å². The number of imidazole rings is 1. The number of aromatic nitrogens is 2. The second-order valence-electron chi connectivity index (χ2n) is 4.38. The highest BCUT2D eigenvalue weighted by molar-refractivity contribution is 5.81. The summed E-state index contributed by atoms with van der Waals surface area (Å²) in [7, 11) is 0. The van der Waals surface area contributed by atoms with Gasteiger partial charge in [0.05, 0.1) is 11.0 Å². The van der Waals surface area contributed by atoms with Crippen molar-refractivity contribution in [2.24, 2.45) is 10.9 Å². The van der Waals surface area contributed by atoms with Crippen molar-refractivity contribution in [2.45, 2.75) is 32.7 Å². The van der Waals surface area contributed by atoms with Crippen LogP contribution in [-0.2, 0) is 6.42 Å². The van der Waals surface area contributed by atoms with Crippen LogP contribution in [0.4, 0.5) is 0 Å². The number of nitrogens with two attached hydrogens (primary N) is 1. The second-order valence-corrected chi connectivity index (χ2v) is 4.38. The van der Waals surface area contributed by atoms with Crippen molar-refractivity contribution in [3.05, 3.63) is 30.1 Å². The molecule has 3 N–H and O–H groups in total. The van der Waals surface area contributed by atoms with Crippen molar-refractivity contribution in [1.82, 2.24) is 9.55 Å². The summed E-state index contributed by atoms with van der Waals surface area (Å²) in [6.45, 7) is 4.12. The summed E-state index contributed by atoms with van der Waals surface area (Å²) in [5.41, 5.74) is 7.66. The molecular formula is C13H18N4O. The maximum absolute atomic E-state index is 8.66. The molecule has 5 heteroatoms. The SMILES string of the molecule is CCc1nc2ccccc2n1C(C)CC(N)=NO. The zero-order chi connectivity index (χ0) is 13.1. The monoisotopic (exact) mass is 246 g/mol. The Morgan fingerprint density at radius 1 is 1.50 bits per heavy atom. The minimum absolute atomic E-state index is 0.114. The molecule has 5 nitrogen and oxygen atoms in total. The minimum Gasteiger partial charge on any atom is -0.409 e. The normalized spacial score (nSPS) is 14.0. The van der Waals surface area contributed by atoms with E-state index in [0.717, 1.165) is 23.3 Å². The lowest BCUT2D eigenvalue weighted by Crippen LogP contribution is -2.19. The quantitative estimate of drug-likeness (QED) is 0.376. The van der Waals surface area contributed by atoms with E-state index in [0.29, 0.717) is 6.42 Å². The molecule has 1 atom stereocenters. The van der Waals surface area contributed by atoms with E-state index in [-0.39, 0.29) is 11.9 Å². The van der Waals surface area contributed by atoms with Gasteiger partial charge < -0.3 is 15.5 Å². The third kappa shape index (κ3) is 2.16. The van der Waals surface area contributed by atoms with Crippen LogP contribution in [0.1, 0.15) is 32.1 Å². The van der Waals surface area contributed by atoms with E-state index in [4.69, 9.17) is 10.9 Å². The Kier molecular flexibility index (Phi) is 3.50. The maximum atomic E-state index is 8.66. The molecule has 0 radical (unpaired) electrons. The third-order valence-electron chi connectivity index (χ3n) is 3.06. The van der Waals surface area contributed by atoms with E-state index < -0.39 is 0 Å². The molecule has 0 saturated carbocycles. The molecule has 0 bridgehead atoms. The number of aryl methyl sites for hydroxylation is 1. The van der Waals surface area contributed by atoms with E-state index in [2.05, 4.69) is 21.6 Å². The smallest absolute Gasteiger partial charge is 0.141 e. The van der Waals surface area contributed by atoms with Crippen molar-refractivity contribution in [2.75, 3.05) is 0 Å². The van der Waals surface area contributed by atoms with Crippen LogP contribution >= 0.6 is 0 Å². The second kappa shape index (κ2) is 5.08. The number of fused-ring (bicyclic) bond motifs is 1. The number of para-hydroxylation sites is 2. The lowest BCUT2D eigenvalue weighted by atomic mass is 10.2. The fraction of sp³-hybridized carbons (Fsp3) is 0.385. The summed E-state index contributed by atoms with van der Waals surface area (Å²) >= 11 is 0. The Hall–Kier alpha value is -2.04. The summed E-state index contributed by atoms with van der Waals surface area (Å²) in [6.07, 6.45) is 1.36. The summed E-state index contributed by atoms with van der Waals surface area (Å²) in [5, 5.41) is 11.7. The summed E-state index contributed by atoms with van der Waals surface area (Å²) in [4.78, 5) is 4.61. The predicted octanol–water partition coefficient (Wildman–Crippen LogP) is 2.30. The molecule has 0 aliphatic heterocycles. The Bertz CT molecular complexity index is 573. The Morgan fingerprint density at radius 3 is 2.89 bits per heavy atom. The lowest BCUT2D eigenvalue weighted by molar-refractivity contribution is 0.315. The molecule has 0 saturated heterocycles. The molecule has 2 rings (SSSR count). The number of hydrogen-bond acceptors (Lipinski definition) is 3. The molecule has 0 fully saturated rings. The first-order chi connectivity index (χ1) is 8.67. The van der Waals surface area contributed by atoms with E-state index in [9.17, 15) is 0 Å². The van der Waals surface area contributed by atoms with Crippen LogP contribution in [0.25, 0.3) is 11.0 Å². The molecule has 0 spiro atoms. The number of benzene rings is 1. The van der Waals surface area contributed by atoms with Gasteiger partial charge >= 0.3 is 0 Å². The molecule has 0 aliphatic rings. The largest absolute Gasteiger partial charge is 0.409 e. The van der Waals surface area contributed by atoms with Crippen LogP contribution in [0.15, 0.2) is 29.4 Å². The van der Waals surface area contributed by atoms with Gasteiger partial charge in [-0.2, -0.15) is 0 Å². The molecule has 1 heterocycles. The minimum atomic E-state index is 0.114. The number of hydrogen-bond donors (Lipinski definition) is 2. The van der Waals surface area contributed by atoms with Crippen molar-refractivity contribution >= 4 is 16.9 Å². The van der Waals surface area contributed by atoms with Gasteiger partial charge in [0.15, 0.2) is 0 Å². The molecule has 1 aromatic heterocycles.